The molecule has 1 heterocycles. The number of nitrogens with zero attached hydrogens (tertiary/aromatic N) is 1. The van der Waals surface area contributed by atoms with Gasteiger partial charge in [0.25, 0.3) is 0 Å². The molecule has 1 amide bonds. The Balaban J connectivity index is 2.42. The second-order valence-corrected chi connectivity index (χ2v) is 3.18. The summed E-state index contributed by atoms with van der Waals surface area (Å²) in [5.74, 6) is 0. The van der Waals surface area contributed by atoms with Gasteiger partial charge in [0, 0.05) is 13.5 Å². The van der Waals surface area contributed by atoms with Crippen LogP contribution in [0.4, 0.5) is 10.5 Å². The smallest absolute Gasteiger partial charge is 0.413 e. The summed E-state index contributed by atoms with van der Waals surface area (Å²) in [5.41, 5.74) is 1.74. The van der Waals surface area contributed by atoms with Crippen molar-refractivity contribution in [3.63, 3.8) is 0 Å². The van der Waals surface area contributed by atoms with Gasteiger partial charge >= 0.3 is 6.09 Å². The largest absolute Gasteiger partial charge is 0.465 e. The van der Waals surface area contributed by atoms with Crippen molar-refractivity contribution in [3.8, 4) is 0 Å². The fourth-order valence-electron chi connectivity index (χ4n) is 1.77. The van der Waals surface area contributed by atoms with Gasteiger partial charge in [-0.3, -0.25) is 4.90 Å². The quantitative estimate of drug-likeness (QED) is 0.738. The summed E-state index contributed by atoms with van der Waals surface area (Å²) < 4.78 is 5.11. The molecule has 1 N–H and O–H groups in total. The number of amides is 1. The Bertz CT molecular complexity index is 364. The van der Waals surface area contributed by atoms with Gasteiger partial charge < -0.3 is 9.84 Å². The second-order valence-electron chi connectivity index (χ2n) is 3.18. The molecule has 0 radical (unpaired) electrons. The molecule has 14 heavy (non-hydrogen) atoms. The molecule has 2 rings (SSSR count). The molecule has 0 saturated carbocycles. The molecule has 0 bridgehead atoms. The highest BCUT2D eigenvalue weighted by atomic mass is 16.5. The molecule has 1 aromatic carbocycles. The molecule has 4 heteroatoms. The molecule has 0 aromatic heterocycles. The zero-order valence-electron chi connectivity index (χ0n) is 7.80. The number of hydrogen-bond donors (Lipinski definition) is 1. The zero-order chi connectivity index (χ0) is 10.1. The van der Waals surface area contributed by atoms with Gasteiger partial charge in [-0.1, -0.05) is 18.2 Å². The lowest BCUT2D eigenvalue weighted by Crippen LogP contribution is -2.37. The topological polar surface area (TPSA) is 49.8 Å². The molecular weight excluding hydrogens is 182 g/mol. The molecule has 1 unspecified atom stereocenters. The molecule has 0 fully saturated rings. The number of carboxylic acid groups (broad SMARTS) is 1. The van der Waals surface area contributed by atoms with E-state index in [0.717, 1.165) is 11.3 Å². The lowest BCUT2D eigenvalue weighted by Gasteiger charge is -2.20. The first kappa shape index (κ1) is 9.02. The summed E-state index contributed by atoms with van der Waals surface area (Å²) in [6.45, 7) is 0. The average molecular weight is 193 g/mol. The predicted octanol–water partition coefficient (Wildman–Crippen LogP) is 1.70. The van der Waals surface area contributed by atoms with E-state index in [-0.39, 0.29) is 6.23 Å². The molecule has 1 aliphatic heterocycles. The molecular formula is C10H11NO3. The van der Waals surface area contributed by atoms with E-state index in [9.17, 15) is 4.79 Å². The first-order valence-electron chi connectivity index (χ1n) is 4.37. The van der Waals surface area contributed by atoms with Crippen molar-refractivity contribution in [1.29, 1.82) is 0 Å². The summed E-state index contributed by atoms with van der Waals surface area (Å²) in [6, 6.07) is 7.44. The Labute approximate surface area is 81.7 Å². The Kier molecular flexibility index (Phi) is 2.13. The third kappa shape index (κ3) is 1.24. The Hall–Kier alpha value is -1.55. The molecule has 74 valence electrons. The van der Waals surface area contributed by atoms with Crippen LogP contribution in [0.2, 0.25) is 0 Å². The van der Waals surface area contributed by atoms with Crippen molar-refractivity contribution in [1.82, 2.24) is 0 Å². The lowest BCUT2D eigenvalue weighted by molar-refractivity contribution is 0.102. The van der Waals surface area contributed by atoms with Gasteiger partial charge in [0.1, 0.15) is 6.23 Å². The van der Waals surface area contributed by atoms with Gasteiger partial charge in [-0.15, -0.1) is 0 Å². The summed E-state index contributed by atoms with van der Waals surface area (Å²) >= 11 is 0. The highest BCUT2D eigenvalue weighted by molar-refractivity contribution is 5.89. The van der Waals surface area contributed by atoms with Gasteiger partial charge in [0.05, 0.1) is 5.69 Å². The van der Waals surface area contributed by atoms with Crippen molar-refractivity contribution in [2.24, 2.45) is 0 Å². The van der Waals surface area contributed by atoms with Crippen LogP contribution in [0.1, 0.15) is 5.56 Å². The number of ether oxygens (including phenoxy) is 1. The van der Waals surface area contributed by atoms with E-state index in [0.29, 0.717) is 6.42 Å². The number of rotatable bonds is 1. The van der Waals surface area contributed by atoms with Gasteiger partial charge in [0.15, 0.2) is 0 Å². The molecule has 4 nitrogen and oxygen atoms in total. The van der Waals surface area contributed by atoms with E-state index in [4.69, 9.17) is 9.84 Å². The zero-order valence-corrected chi connectivity index (χ0v) is 7.80. The monoisotopic (exact) mass is 193 g/mol. The van der Waals surface area contributed by atoms with Gasteiger partial charge in [0.2, 0.25) is 0 Å². The van der Waals surface area contributed by atoms with Crippen molar-refractivity contribution in [3.05, 3.63) is 29.8 Å². The number of hydrogen-bond acceptors (Lipinski definition) is 2. The molecule has 0 saturated heterocycles. The number of para-hydroxylation sites is 1. The van der Waals surface area contributed by atoms with Crippen LogP contribution in [-0.4, -0.2) is 24.5 Å². The van der Waals surface area contributed by atoms with E-state index in [2.05, 4.69) is 0 Å². The predicted molar refractivity (Wildman–Crippen MR) is 51.4 cm³/mol. The van der Waals surface area contributed by atoms with E-state index in [1.54, 1.807) is 6.07 Å². The van der Waals surface area contributed by atoms with E-state index in [1.807, 2.05) is 18.2 Å². The van der Waals surface area contributed by atoms with Crippen molar-refractivity contribution < 1.29 is 14.6 Å². The molecule has 0 spiro atoms. The maximum absolute atomic E-state index is 11.0. The Morgan fingerprint density at radius 3 is 2.93 bits per heavy atom. The summed E-state index contributed by atoms with van der Waals surface area (Å²) in [6.07, 6.45) is -0.731. The maximum atomic E-state index is 11.0. The van der Waals surface area contributed by atoms with Gasteiger partial charge in [-0.25, -0.2) is 4.79 Å². The van der Waals surface area contributed by atoms with Crippen LogP contribution in [0.3, 0.4) is 0 Å². The summed E-state index contributed by atoms with van der Waals surface area (Å²) in [4.78, 5) is 12.2. The molecule has 1 aliphatic rings. The Morgan fingerprint density at radius 1 is 1.57 bits per heavy atom. The average Bonchev–Trinajstić information content (AvgIpc) is 2.55. The van der Waals surface area contributed by atoms with Crippen LogP contribution in [0.15, 0.2) is 24.3 Å². The van der Waals surface area contributed by atoms with Crippen LogP contribution in [-0.2, 0) is 11.2 Å². The normalized spacial score (nSPS) is 19.5. The van der Waals surface area contributed by atoms with Crippen LogP contribution in [0, 0.1) is 0 Å². The van der Waals surface area contributed by atoms with Crippen LogP contribution < -0.4 is 4.90 Å². The fourth-order valence-corrected chi connectivity index (χ4v) is 1.77. The summed E-state index contributed by atoms with van der Waals surface area (Å²) in [7, 11) is 1.52. The van der Waals surface area contributed by atoms with Crippen molar-refractivity contribution in [2.45, 2.75) is 12.6 Å². The van der Waals surface area contributed by atoms with Gasteiger partial charge in [-0.05, 0) is 11.6 Å². The van der Waals surface area contributed by atoms with E-state index < -0.39 is 6.09 Å². The molecule has 0 aliphatic carbocycles. The van der Waals surface area contributed by atoms with Crippen LogP contribution in [0.5, 0.6) is 0 Å². The minimum absolute atomic E-state index is 0.384. The minimum Gasteiger partial charge on any atom is -0.465 e. The van der Waals surface area contributed by atoms with Gasteiger partial charge in [-0.2, -0.15) is 0 Å². The van der Waals surface area contributed by atoms with E-state index >= 15 is 0 Å². The number of fused-ring (bicyclic) bond motifs is 1. The first-order chi connectivity index (χ1) is 6.74. The first-order valence-corrected chi connectivity index (χ1v) is 4.37. The van der Waals surface area contributed by atoms with Crippen LogP contribution in [0.25, 0.3) is 0 Å². The lowest BCUT2D eigenvalue weighted by atomic mass is 10.2. The second kappa shape index (κ2) is 3.31. The Morgan fingerprint density at radius 2 is 2.29 bits per heavy atom. The highest BCUT2D eigenvalue weighted by Crippen LogP contribution is 2.31. The number of anilines is 1. The third-order valence-corrected chi connectivity index (χ3v) is 2.41. The minimum atomic E-state index is -0.971. The van der Waals surface area contributed by atoms with Crippen molar-refractivity contribution in [2.75, 3.05) is 12.0 Å². The molecule has 1 aromatic rings. The number of carbonyl (C=O) groups is 1. The highest BCUT2D eigenvalue weighted by Gasteiger charge is 2.33. The number of methoxy groups -OCH3 is 1. The van der Waals surface area contributed by atoms with Crippen LogP contribution >= 0.6 is 0 Å². The third-order valence-electron chi connectivity index (χ3n) is 2.41. The summed E-state index contributed by atoms with van der Waals surface area (Å²) in [5, 5.41) is 9.01. The fraction of sp³-hybridized carbons (Fsp3) is 0.300. The SMILES string of the molecule is COC1Cc2ccccc2N1C(=O)O. The molecule has 1 atom stereocenters. The standard InChI is InChI=1S/C10H11NO3/c1-14-9-6-7-4-2-3-5-8(7)11(9)10(12)13/h2-5,9H,6H2,1H3,(H,12,13). The van der Waals surface area contributed by atoms with E-state index in [1.165, 1.54) is 12.0 Å². The van der Waals surface area contributed by atoms with Crippen molar-refractivity contribution >= 4 is 11.8 Å². The maximum Gasteiger partial charge on any atom is 0.413 e. The number of benzene rings is 1.